The van der Waals surface area contributed by atoms with E-state index in [2.05, 4.69) is 15.7 Å². The van der Waals surface area contributed by atoms with Crippen LogP contribution in [0.1, 0.15) is 17.0 Å². The van der Waals surface area contributed by atoms with E-state index in [0.29, 0.717) is 23.7 Å². The zero-order chi connectivity index (χ0) is 20.3. The summed E-state index contributed by atoms with van der Waals surface area (Å²) in [5.41, 5.74) is 2.54. The first-order valence-electron chi connectivity index (χ1n) is 8.98. The van der Waals surface area contributed by atoms with Crippen LogP contribution in [0.15, 0.2) is 30.3 Å². The molecule has 1 unspecified atom stereocenters. The van der Waals surface area contributed by atoms with Gasteiger partial charge in [-0.3, -0.25) is 19.2 Å². The monoisotopic (exact) mass is 403 g/mol. The largest absolute Gasteiger partial charge is 0.353 e. The van der Waals surface area contributed by atoms with Gasteiger partial charge in [-0.2, -0.15) is 5.10 Å². The van der Waals surface area contributed by atoms with Crippen LogP contribution < -0.4 is 10.6 Å². The fourth-order valence-electron chi connectivity index (χ4n) is 3.12. The van der Waals surface area contributed by atoms with Crippen molar-refractivity contribution in [2.75, 3.05) is 13.1 Å². The summed E-state index contributed by atoms with van der Waals surface area (Å²) in [5, 5.41) is 10.1. The van der Waals surface area contributed by atoms with E-state index in [9.17, 15) is 14.4 Å². The lowest BCUT2D eigenvalue weighted by molar-refractivity contribution is -0.141. The van der Waals surface area contributed by atoms with Crippen LogP contribution in [0, 0.1) is 19.8 Å². The van der Waals surface area contributed by atoms with Crippen molar-refractivity contribution in [1.82, 2.24) is 25.3 Å². The maximum Gasteiger partial charge on any atom is 0.324 e. The molecule has 2 heterocycles. The van der Waals surface area contributed by atoms with Gasteiger partial charge in [-0.25, -0.2) is 4.79 Å². The van der Waals surface area contributed by atoms with Crippen molar-refractivity contribution >= 4 is 29.4 Å². The SMILES string of the molecule is Cc1cc(C)n(CCNC(=O)C2CNC(=O)N(Cc3ccccc3Cl)C2=O)n1. The number of amides is 4. The summed E-state index contributed by atoms with van der Waals surface area (Å²) in [6.45, 7) is 4.67. The van der Waals surface area contributed by atoms with Crippen LogP contribution in [-0.2, 0) is 22.7 Å². The molecule has 4 amide bonds. The Balaban J connectivity index is 1.61. The van der Waals surface area contributed by atoms with Crippen molar-refractivity contribution in [2.45, 2.75) is 26.9 Å². The fourth-order valence-corrected chi connectivity index (χ4v) is 3.32. The molecule has 9 heteroatoms. The van der Waals surface area contributed by atoms with Crippen molar-refractivity contribution in [3.8, 4) is 0 Å². The van der Waals surface area contributed by atoms with Crippen LogP contribution in [0.3, 0.4) is 0 Å². The molecule has 148 valence electrons. The summed E-state index contributed by atoms with van der Waals surface area (Å²) in [7, 11) is 0. The molecular formula is C19H22ClN5O3. The molecule has 0 aliphatic carbocycles. The number of carbonyl (C=O) groups is 3. The van der Waals surface area contributed by atoms with Gasteiger partial charge in [-0.1, -0.05) is 29.8 Å². The minimum Gasteiger partial charge on any atom is -0.353 e. The maximum absolute atomic E-state index is 12.7. The molecule has 1 aromatic carbocycles. The first kappa shape index (κ1) is 19.9. The third-order valence-corrected chi connectivity index (χ3v) is 4.96. The van der Waals surface area contributed by atoms with Gasteiger partial charge in [0.25, 0.3) is 0 Å². The second kappa shape index (κ2) is 8.43. The topological polar surface area (TPSA) is 96.3 Å². The van der Waals surface area contributed by atoms with E-state index in [-0.39, 0.29) is 13.1 Å². The van der Waals surface area contributed by atoms with Gasteiger partial charge in [0.1, 0.15) is 5.92 Å². The standard InChI is InChI=1S/C19H22ClN5O3/c1-12-9-13(2)25(23-12)8-7-21-17(26)15-10-22-19(28)24(18(15)27)11-14-5-3-4-6-16(14)20/h3-6,9,15H,7-8,10-11H2,1-2H3,(H,21,26)(H,22,28). The van der Waals surface area contributed by atoms with Crippen molar-refractivity contribution in [3.05, 3.63) is 52.3 Å². The Labute approximate surface area is 167 Å². The average Bonchev–Trinajstić information content (AvgIpc) is 2.97. The Morgan fingerprint density at radius 3 is 2.75 bits per heavy atom. The van der Waals surface area contributed by atoms with Gasteiger partial charge >= 0.3 is 6.03 Å². The van der Waals surface area contributed by atoms with Crippen molar-refractivity contribution in [2.24, 2.45) is 5.92 Å². The highest BCUT2D eigenvalue weighted by atomic mass is 35.5. The predicted molar refractivity (Wildman–Crippen MR) is 104 cm³/mol. The molecule has 0 spiro atoms. The van der Waals surface area contributed by atoms with Gasteiger partial charge in [0.2, 0.25) is 11.8 Å². The first-order valence-corrected chi connectivity index (χ1v) is 9.36. The highest BCUT2D eigenvalue weighted by Crippen LogP contribution is 2.20. The highest BCUT2D eigenvalue weighted by Gasteiger charge is 2.38. The molecule has 1 atom stereocenters. The molecule has 1 fully saturated rings. The molecule has 28 heavy (non-hydrogen) atoms. The number of aryl methyl sites for hydroxylation is 2. The lowest BCUT2D eigenvalue weighted by Gasteiger charge is -2.31. The van der Waals surface area contributed by atoms with Crippen LogP contribution in [0.5, 0.6) is 0 Å². The second-order valence-corrected chi connectivity index (χ2v) is 7.10. The number of nitrogens with one attached hydrogen (secondary N) is 2. The van der Waals surface area contributed by atoms with Crippen molar-refractivity contribution < 1.29 is 14.4 Å². The average molecular weight is 404 g/mol. The molecule has 2 aromatic rings. The second-order valence-electron chi connectivity index (χ2n) is 6.70. The summed E-state index contributed by atoms with van der Waals surface area (Å²) in [6, 6.07) is 8.39. The van der Waals surface area contributed by atoms with Gasteiger partial charge < -0.3 is 10.6 Å². The van der Waals surface area contributed by atoms with Gasteiger partial charge in [0, 0.05) is 23.8 Å². The molecular weight excluding hydrogens is 382 g/mol. The summed E-state index contributed by atoms with van der Waals surface area (Å²) in [6.07, 6.45) is 0. The quantitative estimate of drug-likeness (QED) is 0.716. The Kier molecular flexibility index (Phi) is 5.99. The maximum atomic E-state index is 12.7. The number of rotatable bonds is 6. The summed E-state index contributed by atoms with van der Waals surface area (Å²) in [5.74, 6) is -1.93. The number of nitrogens with zero attached hydrogens (tertiary/aromatic N) is 3. The van der Waals surface area contributed by atoms with Gasteiger partial charge in [0.15, 0.2) is 0 Å². The summed E-state index contributed by atoms with van der Waals surface area (Å²) >= 11 is 6.12. The molecule has 1 aliphatic heterocycles. The van der Waals surface area contributed by atoms with Gasteiger partial charge in [-0.15, -0.1) is 0 Å². The number of imide groups is 1. The number of halogens is 1. The number of benzene rings is 1. The molecule has 0 saturated carbocycles. The number of carbonyl (C=O) groups excluding carboxylic acids is 3. The Bertz CT molecular complexity index is 911. The van der Waals surface area contributed by atoms with Crippen LogP contribution in [0.4, 0.5) is 4.79 Å². The molecule has 0 radical (unpaired) electrons. The van der Waals surface area contributed by atoms with Gasteiger partial charge in [-0.05, 0) is 31.5 Å². The smallest absolute Gasteiger partial charge is 0.324 e. The van der Waals surface area contributed by atoms with E-state index in [1.807, 2.05) is 19.9 Å². The lowest BCUT2D eigenvalue weighted by atomic mass is 10.0. The number of aromatic nitrogens is 2. The normalized spacial score (nSPS) is 16.8. The highest BCUT2D eigenvalue weighted by molar-refractivity contribution is 6.31. The molecule has 1 aromatic heterocycles. The van der Waals surface area contributed by atoms with E-state index >= 15 is 0 Å². The number of urea groups is 1. The third kappa shape index (κ3) is 4.33. The van der Waals surface area contributed by atoms with Crippen LogP contribution in [-0.4, -0.2) is 45.6 Å². The zero-order valence-corrected chi connectivity index (χ0v) is 16.5. The van der Waals surface area contributed by atoms with Crippen molar-refractivity contribution in [1.29, 1.82) is 0 Å². The minimum atomic E-state index is -0.972. The molecule has 1 aliphatic rings. The summed E-state index contributed by atoms with van der Waals surface area (Å²) < 4.78 is 1.80. The molecule has 0 bridgehead atoms. The molecule has 8 nitrogen and oxygen atoms in total. The first-order chi connectivity index (χ1) is 13.4. The zero-order valence-electron chi connectivity index (χ0n) is 15.7. The van der Waals surface area contributed by atoms with E-state index in [1.54, 1.807) is 28.9 Å². The lowest BCUT2D eigenvalue weighted by Crippen LogP contribution is -2.58. The molecule has 1 saturated heterocycles. The van der Waals surface area contributed by atoms with Gasteiger partial charge in [0.05, 0.1) is 18.8 Å². The number of hydrogen-bond acceptors (Lipinski definition) is 4. The summed E-state index contributed by atoms with van der Waals surface area (Å²) in [4.78, 5) is 38.4. The van der Waals surface area contributed by atoms with Crippen LogP contribution >= 0.6 is 11.6 Å². The van der Waals surface area contributed by atoms with Crippen LogP contribution in [0.25, 0.3) is 0 Å². The van der Waals surface area contributed by atoms with Crippen molar-refractivity contribution in [3.63, 3.8) is 0 Å². The Morgan fingerprint density at radius 2 is 2.07 bits per heavy atom. The Hall–Kier alpha value is -2.87. The minimum absolute atomic E-state index is 0.0138. The van der Waals surface area contributed by atoms with E-state index in [4.69, 9.17) is 11.6 Å². The van der Waals surface area contributed by atoms with E-state index < -0.39 is 23.8 Å². The predicted octanol–water partition coefficient (Wildman–Crippen LogP) is 1.64. The third-order valence-electron chi connectivity index (χ3n) is 4.60. The number of hydrogen-bond donors (Lipinski definition) is 2. The molecule has 2 N–H and O–H groups in total. The molecule has 3 rings (SSSR count). The Morgan fingerprint density at radius 1 is 1.32 bits per heavy atom. The van der Waals surface area contributed by atoms with E-state index in [0.717, 1.165) is 16.3 Å². The van der Waals surface area contributed by atoms with E-state index in [1.165, 1.54) is 0 Å². The fraction of sp³-hybridized carbons (Fsp3) is 0.368. The van der Waals surface area contributed by atoms with Crippen LogP contribution in [0.2, 0.25) is 5.02 Å².